The summed E-state index contributed by atoms with van der Waals surface area (Å²) in [7, 11) is 0.300. The van der Waals surface area contributed by atoms with Gasteiger partial charge in [-0.15, -0.1) is 43.0 Å². The molecule has 0 heterocycles. The van der Waals surface area contributed by atoms with Gasteiger partial charge in [0.05, 0.1) is 0 Å². The molecule has 0 aliphatic heterocycles. The molecule has 0 aromatic heterocycles. The maximum Gasteiger partial charge on any atom is 0.0307 e. The van der Waals surface area contributed by atoms with E-state index in [9.17, 15) is 0 Å². The number of hydrogen-bond donors (Lipinski definition) is 0. The third-order valence-corrected chi connectivity index (χ3v) is 11.4. The second kappa shape index (κ2) is 12.1. The van der Waals surface area contributed by atoms with E-state index in [0.29, 0.717) is 0 Å². The van der Waals surface area contributed by atoms with Crippen molar-refractivity contribution in [3.8, 4) is 0 Å². The number of benzene rings is 1. The summed E-state index contributed by atoms with van der Waals surface area (Å²) in [5, 5.41) is 2.66. The van der Waals surface area contributed by atoms with Gasteiger partial charge in [-0.25, -0.2) is 11.6 Å². The largest absolute Gasteiger partial charge is 0.273 e. The van der Waals surface area contributed by atoms with Gasteiger partial charge in [0.25, 0.3) is 0 Å². The Kier molecular flexibility index (Phi) is 11.9. The van der Waals surface area contributed by atoms with Crippen LogP contribution in [0.5, 0.6) is 0 Å². The summed E-state index contributed by atoms with van der Waals surface area (Å²) in [6.07, 6.45) is 8.24. The molecule has 0 atom stereocenters. The molecule has 2 aromatic rings. The Hall–Kier alpha value is -0.386. The van der Waals surface area contributed by atoms with Gasteiger partial charge in [0.15, 0.2) is 0 Å². The maximum absolute atomic E-state index is 3.05. The Balaban J connectivity index is 0.000000306. The minimum atomic E-state index is 0. The molecule has 0 fully saturated rings. The van der Waals surface area contributed by atoms with Crippen LogP contribution in [-0.4, -0.2) is 16.6 Å². The third-order valence-electron chi connectivity index (χ3n) is 3.42. The summed E-state index contributed by atoms with van der Waals surface area (Å²) in [5.41, 5.74) is 1.34. The molecule has 0 amide bonds. The van der Waals surface area contributed by atoms with Crippen LogP contribution in [0.4, 0.5) is 0 Å². The molecule has 22 heavy (non-hydrogen) atoms. The molecule has 0 bridgehead atoms. The van der Waals surface area contributed by atoms with Crippen molar-refractivity contribution in [2.24, 2.45) is 0 Å². The van der Waals surface area contributed by atoms with Crippen molar-refractivity contribution in [2.45, 2.75) is 39.5 Å². The summed E-state index contributed by atoms with van der Waals surface area (Å²) < 4.78 is 0. The van der Waals surface area contributed by atoms with Crippen LogP contribution in [0.25, 0.3) is 10.8 Å². The van der Waals surface area contributed by atoms with E-state index in [1.807, 2.05) is 6.08 Å². The van der Waals surface area contributed by atoms with Crippen LogP contribution in [0.3, 0.4) is 0 Å². The average Bonchev–Trinajstić information content (AvgIpc) is 3.10. The average molecular weight is 489 g/mol. The minimum absolute atomic E-state index is 0. The fourth-order valence-corrected chi connectivity index (χ4v) is 1.57. The quantitative estimate of drug-likeness (QED) is 0.350. The molecule has 0 saturated heterocycles. The Morgan fingerprint density at radius 2 is 1.64 bits per heavy atom. The zero-order valence-electron chi connectivity index (χ0n) is 14.4. The molecular weight excluding hydrogens is 463 g/mol. The maximum atomic E-state index is 3.05. The summed E-state index contributed by atoms with van der Waals surface area (Å²) >= 11 is 0. The van der Waals surface area contributed by atoms with Crippen LogP contribution in [0.15, 0.2) is 60.2 Å². The summed E-state index contributed by atoms with van der Waals surface area (Å²) in [6.45, 7) is 11.6. The summed E-state index contributed by atoms with van der Waals surface area (Å²) in [5.74, 6) is 0. The molecule has 0 saturated carbocycles. The zero-order valence-corrected chi connectivity index (χ0v) is 20.0. The van der Waals surface area contributed by atoms with Crippen molar-refractivity contribution >= 4 is 27.4 Å². The van der Waals surface area contributed by atoms with Gasteiger partial charge in [0.1, 0.15) is 0 Å². The molecule has 2 radical (unpaired) electrons. The van der Waals surface area contributed by atoms with Crippen LogP contribution in [0, 0.1) is 6.08 Å². The number of rotatable bonds is 1. The van der Waals surface area contributed by atoms with E-state index < -0.39 is 0 Å². The first-order chi connectivity index (χ1) is 10.0. The van der Waals surface area contributed by atoms with Crippen molar-refractivity contribution < 1.29 is 25.8 Å². The van der Waals surface area contributed by atoms with Crippen LogP contribution < -0.4 is 0 Å². The van der Waals surface area contributed by atoms with Crippen molar-refractivity contribution in [3.63, 3.8) is 0 Å². The fraction of sp³-hybridized carbons (Fsp3) is 0.316. The molecule has 0 nitrogen and oxygen atoms in total. The van der Waals surface area contributed by atoms with Gasteiger partial charge in [0, 0.05) is 42.5 Å². The van der Waals surface area contributed by atoms with Crippen LogP contribution in [0.2, 0.25) is 26.2 Å². The van der Waals surface area contributed by atoms with Gasteiger partial charge < -0.3 is 0 Å². The zero-order chi connectivity index (χ0) is 15.7. The predicted octanol–water partition coefficient (Wildman–Crippen LogP) is 5.83. The second-order valence-electron chi connectivity index (χ2n) is 5.66. The predicted molar refractivity (Wildman–Crippen MR) is 101 cm³/mol. The van der Waals surface area contributed by atoms with E-state index in [1.54, 1.807) is 0 Å². The monoisotopic (exact) mass is 490 g/mol. The topological polar surface area (TPSA) is 0 Å². The molecular formula is C19H26HfSi2-2. The molecule has 3 heteroatoms. The molecule has 1 aliphatic rings. The van der Waals surface area contributed by atoms with Gasteiger partial charge in [0.2, 0.25) is 0 Å². The molecule has 0 unspecified atom stereocenters. The van der Waals surface area contributed by atoms with Gasteiger partial charge in [-0.05, 0) is 0 Å². The van der Waals surface area contributed by atoms with Crippen LogP contribution >= 0.6 is 0 Å². The third kappa shape index (κ3) is 8.91. The first-order valence-corrected chi connectivity index (χ1v) is 13.4. The Morgan fingerprint density at radius 3 is 2.05 bits per heavy atom. The normalized spacial score (nSPS) is 12.2. The fourth-order valence-electron chi connectivity index (χ4n) is 1.57. The van der Waals surface area contributed by atoms with Crippen molar-refractivity contribution in [1.82, 2.24) is 0 Å². The van der Waals surface area contributed by atoms with E-state index in [2.05, 4.69) is 87.7 Å². The number of hydrogen-bond acceptors (Lipinski definition) is 0. The number of fused-ring (bicyclic) bond motifs is 1. The molecule has 3 rings (SSSR count). The Labute approximate surface area is 158 Å². The van der Waals surface area contributed by atoms with E-state index >= 15 is 0 Å². The Bertz CT molecular complexity index is 541. The van der Waals surface area contributed by atoms with Gasteiger partial charge >= 0.3 is 0 Å². The van der Waals surface area contributed by atoms with Crippen LogP contribution in [0.1, 0.15) is 13.3 Å². The van der Waals surface area contributed by atoms with Crippen LogP contribution in [-0.2, 0) is 25.8 Å². The minimum Gasteiger partial charge on any atom is -0.273 e. The smallest absolute Gasteiger partial charge is 0.0307 e. The molecule has 116 valence electrons. The molecule has 2 aromatic carbocycles. The van der Waals surface area contributed by atoms with E-state index in [1.165, 1.54) is 16.3 Å². The second-order valence-corrected chi connectivity index (χ2v) is 15.7. The van der Waals surface area contributed by atoms with Crippen molar-refractivity contribution in [1.29, 1.82) is 0 Å². The van der Waals surface area contributed by atoms with Gasteiger partial charge in [-0.3, -0.25) is 6.08 Å². The Morgan fingerprint density at radius 1 is 1.00 bits per heavy atom. The first-order valence-electron chi connectivity index (χ1n) is 7.45. The standard InChI is InChI=1S/C9H7.C6H7.C4H12Si2.Hf/c1-2-5-9-7-3-6-8(9)4-1;1-6-4-2-3-5-6;1-5(2)6(3)4;/h1-7H;4-5H,2H2,1H3;1-4H3;/q2*-1;;. The summed E-state index contributed by atoms with van der Waals surface area (Å²) in [6, 6.07) is 14.7. The van der Waals surface area contributed by atoms with Gasteiger partial charge in [-0.1, -0.05) is 32.3 Å². The molecule has 0 spiro atoms. The van der Waals surface area contributed by atoms with E-state index in [-0.39, 0.29) is 42.5 Å². The molecule has 0 N–H and O–H groups in total. The van der Waals surface area contributed by atoms with E-state index in [4.69, 9.17) is 0 Å². The molecule has 1 aliphatic carbocycles. The van der Waals surface area contributed by atoms with Crippen molar-refractivity contribution in [2.75, 3.05) is 0 Å². The van der Waals surface area contributed by atoms with Gasteiger partial charge in [-0.2, -0.15) is 23.6 Å². The summed E-state index contributed by atoms with van der Waals surface area (Å²) in [4.78, 5) is 0. The number of allylic oxidation sites excluding steroid dienone is 4. The first kappa shape index (κ1) is 21.6. The SMILES string of the molecule is CC1=CC[C-]=C1.C[Si](C)[Si](C)C.[Hf].c1ccc2[cH-]ccc2c1. The van der Waals surface area contributed by atoms with E-state index in [0.717, 1.165) is 6.42 Å². The van der Waals surface area contributed by atoms with Crippen molar-refractivity contribution in [3.05, 3.63) is 66.3 Å².